The van der Waals surface area contributed by atoms with E-state index in [4.69, 9.17) is 0 Å². The normalized spacial score (nSPS) is 9.38. The molecule has 1 N–H and O–H groups in total. The first-order valence-electron chi connectivity index (χ1n) is 4.29. The Bertz CT molecular complexity index is 337. The molecule has 1 heteroatoms. The average molecular weight is 173 g/mol. The van der Waals surface area contributed by atoms with Gasteiger partial charge in [0.15, 0.2) is 0 Å². The largest absolute Gasteiger partial charge is 0.388 e. The highest BCUT2D eigenvalue weighted by Crippen LogP contribution is 2.22. The molecule has 13 heavy (non-hydrogen) atoms. The Balaban J connectivity index is 3.25. The Morgan fingerprint density at radius 2 is 2.15 bits per heavy atom. The van der Waals surface area contributed by atoms with E-state index < -0.39 is 0 Å². The fraction of sp³-hybridized carbons (Fsp3) is 0.167. The summed E-state index contributed by atoms with van der Waals surface area (Å²) in [6, 6.07) is 6.16. The first-order valence-corrected chi connectivity index (χ1v) is 4.29. The Kier molecular flexibility index (Phi) is 2.91. The lowest BCUT2D eigenvalue weighted by atomic mass is 10.0. The van der Waals surface area contributed by atoms with E-state index in [-0.39, 0.29) is 0 Å². The first kappa shape index (κ1) is 9.59. The van der Waals surface area contributed by atoms with Crippen LogP contribution in [-0.2, 0) is 0 Å². The van der Waals surface area contributed by atoms with Gasteiger partial charge in [0.25, 0.3) is 0 Å². The molecule has 1 aromatic carbocycles. The van der Waals surface area contributed by atoms with Crippen LogP contribution in [0.15, 0.2) is 31.4 Å². The monoisotopic (exact) mass is 173 g/mol. The molecule has 0 amide bonds. The van der Waals surface area contributed by atoms with Crippen LogP contribution in [0.5, 0.6) is 0 Å². The summed E-state index contributed by atoms with van der Waals surface area (Å²) in [7, 11) is 1.91. The van der Waals surface area contributed by atoms with Gasteiger partial charge in [-0.3, -0.25) is 0 Å². The molecule has 0 radical (unpaired) electrons. The Morgan fingerprint density at radius 1 is 1.46 bits per heavy atom. The SMILES string of the molecule is C=Cc1ccc(NC)cc1C(=C)C. The summed E-state index contributed by atoms with van der Waals surface area (Å²) in [4.78, 5) is 0. The average Bonchev–Trinajstić information content (AvgIpc) is 2.16. The highest BCUT2D eigenvalue weighted by molar-refractivity contribution is 5.74. The second-order valence-corrected chi connectivity index (χ2v) is 3.04. The molecule has 68 valence electrons. The lowest BCUT2D eigenvalue weighted by Gasteiger charge is -2.08. The summed E-state index contributed by atoms with van der Waals surface area (Å²) in [5.74, 6) is 0. The number of hydrogen-bond acceptors (Lipinski definition) is 1. The Morgan fingerprint density at radius 3 is 2.62 bits per heavy atom. The number of benzene rings is 1. The van der Waals surface area contributed by atoms with Crippen LogP contribution in [0.3, 0.4) is 0 Å². The standard InChI is InChI=1S/C12H15N/c1-5-10-6-7-11(13-4)8-12(10)9(2)3/h5-8,13H,1-2H2,3-4H3. The molecule has 0 aliphatic carbocycles. The van der Waals surface area contributed by atoms with E-state index in [0.717, 1.165) is 22.4 Å². The van der Waals surface area contributed by atoms with Crippen LogP contribution < -0.4 is 5.32 Å². The Labute approximate surface area is 79.8 Å². The first-order chi connectivity index (χ1) is 6.19. The molecule has 0 saturated carbocycles. The molecule has 0 atom stereocenters. The molecule has 0 bridgehead atoms. The van der Waals surface area contributed by atoms with Crippen molar-refractivity contribution in [2.75, 3.05) is 12.4 Å². The molecule has 0 fully saturated rings. The molecule has 0 aliphatic rings. The highest BCUT2D eigenvalue weighted by Gasteiger charge is 2.00. The second-order valence-electron chi connectivity index (χ2n) is 3.04. The van der Waals surface area contributed by atoms with Crippen molar-refractivity contribution in [1.29, 1.82) is 0 Å². The maximum Gasteiger partial charge on any atom is 0.0344 e. The molecule has 1 aromatic rings. The molecule has 0 aromatic heterocycles. The van der Waals surface area contributed by atoms with Gasteiger partial charge in [0.05, 0.1) is 0 Å². The molecule has 0 aliphatic heterocycles. The van der Waals surface area contributed by atoms with Gasteiger partial charge in [-0.25, -0.2) is 0 Å². The zero-order valence-corrected chi connectivity index (χ0v) is 8.22. The van der Waals surface area contributed by atoms with Crippen molar-refractivity contribution in [3.63, 3.8) is 0 Å². The lowest BCUT2D eigenvalue weighted by Crippen LogP contribution is -1.91. The number of rotatable bonds is 3. The van der Waals surface area contributed by atoms with Crippen LogP contribution in [-0.4, -0.2) is 7.05 Å². The molecule has 0 heterocycles. The van der Waals surface area contributed by atoms with Gasteiger partial charge in [-0.2, -0.15) is 0 Å². The third kappa shape index (κ3) is 2.00. The minimum Gasteiger partial charge on any atom is -0.388 e. The molecule has 0 saturated heterocycles. The van der Waals surface area contributed by atoms with Gasteiger partial charge in [0.1, 0.15) is 0 Å². The van der Waals surface area contributed by atoms with Gasteiger partial charge in [-0.05, 0) is 30.2 Å². The van der Waals surface area contributed by atoms with E-state index in [2.05, 4.69) is 24.5 Å². The van der Waals surface area contributed by atoms with E-state index >= 15 is 0 Å². The fourth-order valence-electron chi connectivity index (χ4n) is 1.26. The summed E-state index contributed by atoms with van der Waals surface area (Å²) < 4.78 is 0. The van der Waals surface area contributed by atoms with E-state index in [1.807, 2.05) is 32.2 Å². The van der Waals surface area contributed by atoms with Gasteiger partial charge in [0, 0.05) is 12.7 Å². The van der Waals surface area contributed by atoms with Crippen LogP contribution in [0.2, 0.25) is 0 Å². The smallest absolute Gasteiger partial charge is 0.0344 e. The van der Waals surface area contributed by atoms with Crippen molar-refractivity contribution >= 4 is 17.3 Å². The summed E-state index contributed by atoms with van der Waals surface area (Å²) in [5.41, 5.74) is 4.45. The maximum atomic E-state index is 3.93. The molecular formula is C12H15N. The summed E-state index contributed by atoms with van der Waals surface area (Å²) in [6.07, 6.45) is 1.85. The van der Waals surface area contributed by atoms with Crippen molar-refractivity contribution in [1.82, 2.24) is 0 Å². The zero-order chi connectivity index (χ0) is 9.84. The van der Waals surface area contributed by atoms with Gasteiger partial charge >= 0.3 is 0 Å². The van der Waals surface area contributed by atoms with Crippen LogP contribution in [0.1, 0.15) is 18.1 Å². The number of allylic oxidation sites excluding steroid dienone is 1. The molecular weight excluding hydrogens is 158 g/mol. The predicted octanol–water partition coefficient (Wildman–Crippen LogP) is 3.40. The van der Waals surface area contributed by atoms with Gasteiger partial charge in [0.2, 0.25) is 0 Å². The van der Waals surface area contributed by atoms with E-state index in [1.54, 1.807) is 0 Å². The van der Waals surface area contributed by atoms with Crippen LogP contribution in [0.4, 0.5) is 5.69 Å². The lowest BCUT2D eigenvalue weighted by molar-refractivity contribution is 1.47. The minimum absolute atomic E-state index is 1.06. The van der Waals surface area contributed by atoms with E-state index in [1.165, 1.54) is 0 Å². The third-order valence-electron chi connectivity index (χ3n) is 2.02. The molecule has 1 nitrogen and oxygen atoms in total. The second kappa shape index (κ2) is 3.94. The highest BCUT2D eigenvalue weighted by atomic mass is 14.8. The summed E-state index contributed by atoms with van der Waals surface area (Å²) in [5, 5.41) is 3.10. The molecule has 1 rings (SSSR count). The number of hydrogen-bond donors (Lipinski definition) is 1. The maximum absolute atomic E-state index is 3.93. The third-order valence-corrected chi connectivity index (χ3v) is 2.02. The van der Waals surface area contributed by atoms with Crippen molar-refractivity contribution in [2.45, 2.75) is 6.92 Å². The summed E-state index contributed by atoms with van der Waals surface area (Å²) >= 11 is 0. The number of anilines is 1. The Hall–Kier alpha value is -1.50. The quantitative estimate of drug-likeness (QED) is 0.738. The predicted molar refractivity (Wildman–Crippen MR) is 60.8 cm³/mol. The van der Waals surface area contributed by atoms with Crippen molar-refractivity contribution in [2.24, 2.45) is 0 Å². The molecule has 0 unspecified atom stereocenters. The minimum atomic E-state index is 1.06. The zero-order valence-electron chi connectivity index (χ0n) is 8.22. The summed E-state index contributed by atoms with van der Waals surface area (Å²) in [6.45, 7) is 9.70. The topological polar surface area (TPSA) is 12.0 Å². The van der Waals surface area contributed by atoms with E-state index in [0.29, 0.717) is 0 Å². The fourth-order valence-corrected chi connectivity index (χ4v) is 1.26. The van der Waals surface area contributed by atoms with Crippen LogP contribution in [0.25, 0.3) is 11.6 Å². The van der Waals surface area contributed by atoms with Gasteiger partial charge in [-0.15, -0.1) is 0 Å². The van der Waals surface area contributed by atoms with Crippen molar-refractivity contribution < 1.29 is 0 Å². The number of nitrogens with one attached hydrogen (secondary N) is 1. The van der Waals surface area contributed by atoms with Crippen molar-refractivity contribution in [3.05, 3.63) is 42.5 Å². The van der Waals surface area contributed by atoms with Crippen LogP contribution in [0, 0.1) is 0 Å². The van der Waals surface area contributed by atoms with Gasteiger partial charge in [-0.1, -0.05) is 30.9 Å². The van der Waals surface area contributed by atoms with Crippen molar-refractivity contribution in [3.8, 4) is 0 Å². The van der Waals surface area contributed by atoms with Crippen LogP contribution >= 0.6 is 0 Å². The van der Waals surface area contributed by atoms with E-state index in [9.17, 15) is 0 Å². The molecule has 0 spiro atoms. The van der Waals surface area contributed by atoms with Gasteiger partial charge < -0.3 is 5.32 Å².